The Labute approximate surface area is 176 Å². The molecule has 1 unspecified atom stereocenters. The average Bonchev–Trinajstić information content (AvgIpc) is 3.26. The number of thiophene rings is 1. The zero-order chi connectivity index (χ0) is 17.9. The first-order valence-electron chi connectivity index (χ1n) is 8.65. The molecule has 0 aliphatic rings. The van der Waals surface area contributed by atoms with Gasteiger partial charge >= 0.3 is 0 Å². The summed E-state index contributed by atoms with van der Waals surface area (Å²) >= 11 is 1.77. The third kappa shape index (κ3) is 8.00. The molecule has 0 aliphatic heterocycles. The number of hydrogen-bond acceptors (Lipinski definition) is 5. The normalized spacial score (nSPS) is 12.5. The highest BCUT2D eigenvalue weighted by Crippen LogP contribution is 2.08. The van der Waals surface area contributed by atoms with E-state index in [9.17, 15) is 0 Å². The van der Waals surface area contributed by atoms with Crippen molar-refractivity contribution in [2.75, 3.05) is 26.8 Å². The standard InChI is InChI=1S/C17H28N6OS.HI/c1-4-16-22-20-13-23(16)10-9-19-17(21-14(2)12-24-3)18-8-7-15-6-5-11-25-15;/h5-6,11,13-14H,4,7-10,12H2,1-3H3,(H2,18,19,21);1H. The number of guanidine groups is 1. The van der Waals surface area contributed by atoms with E-state index in [4.69, 9.17) is 4.74 Å². The van der Waals surface area contributed by atoms with Crippen molar-refractivity contribution in [1.82, 2.24) is 25.4 Å². The molecule has 9 heteroatoms. The van der Waals surface area contributed by atoms with Crippen LogP contribution in [0.5, 0.6) is 0 Å². The van der Waals surface area contributed by atoms with Gasteiger partial charge in [0.15, 0.2) is 5.96 Å². The van der Waals surface area contributed by atoms with Crippen LogP contribution in [0.3, 0.4) is 0 Å². The summed E-state index contributed by atoms with van der Waals surface area (Å²) in [6, 6.07) is 4.41. The van der Waals surface area contributed by atoms with Gasteiger partial charge in [0.1, 0.15) is 12.2 Å². The molecule has 2 aromatic rings. The Morgan fingerprint density at radius 3 is 3.00 bits per heavy atom. The Morgan fingerprint density at radius 2 is 2.31 bits per heavy atom. The molecule has 0 aromatic carbocycles. The summed E-state index contributed by atoms with van der Waals surface area (Å²) in [5.41, 5.74) is 0. The molecule has 26 heavy (non-hydrogen) atoms. The Kier molecular flexibility index (Phi) is 11.5. The van der Waals surface area contributed by atoms with Gasteiger partial charge in [0, 0.05) is 50.5 Å². The van der Waals surface area contributed by atoms with E-state index in [0.29, 0.717) is 6.61 Å². The van der Waals surface area contributed by atoms with Gasteiger partial charge in [0.2, 0.25) is 0 Å². The van der Waals surface area contributed by atoms with Crippen molar-refractivity contribution in [3.05, 3.63) is 34.5 Å². The smallest absolute Gasteiger partial charge is 0.191 e. The van der Waals surface area contributed by atoms with E-state index in [-0.39, 0.29) is 30.0 Å². The molecule has 0 fully saturated rings. The van der Waals surface area contributed by atoms with Crippen molar-refractivity contribution in [1.29, 1.82) is 0 Å². The molecule has 0 radical (unpaired) electrons. The predicted octanol–water partition coefficient (Wildman–Crippen LogP) is 2.33. The average molecular weight is 492 g/mol. The third-order valence-corrected chi connectivity index (χ3v) is 4.60. The van der Waals surface area contributed by atoms with Gasteiger partial charge in [-0.1, -0.05) is 13.0 Å². The van der Waals surface area contributed by atoms with E-state index in [0.717, 1.165) is 44.3 Å². The summed E-state index contributed by atoms with van der Waals surface area (Å²) < 4.78 is 7.26. The Hall–Kier alpha value is -1.20. The monoisotopic (exact) mass is 492 g/mol. The van der Waals surface area contributed by atoms with Gasteiger partial charge in [-0.05, 0) is 18.4 Å². The van der Waals surface area contributed by atoms with E-state index >= 15 is 0 Å². The van der Waals surface area contributed by atoms with Crippen LogP contribution >= 0.6 is 35.3 Å². The van der Waals surface area contributed by atoms with Gasteiger partial charge in [0.25, 0.3) is 0 Å². The topological polar surface area (TPSA) is 76.4 Å². The lowest BCUT2D eigenvalue weighted by Crippen LogP contribution is -2.45. The molecule has 0 amide bonds. The largest absolute Gasteiger partial charge is 0.383 e. The maximum absolute atomic E-state index is 5.20. The summed E-state index contributed by atoms with van der Waals surface area (Å²) in [6.07, 6.45) is 3.61. The number of nitrogens with one attached hydrogen (secondary N) is 2. The number of methoxy groups -OCH3 is 1. The number of ether oxygens (including phenoxy) is 1. The van der Waals surface area contributed by atoms with E-state index in [2.05, 4.69) is 61.8 Å². The van der Waals surface area contributed by atoms with Crippen LogP contribution < -0.4 is 10.6 Å². The second-order valence-electron chi connectivity index (χ2n) is 5.78. The summed E-state index contributed by atoms with van der Waals surface area (Å²) in [6.45, 7) is 7.11. The molecule has 2 N–H and O–H groups in total. The van der Waals surface area contributed by atoms with Crippen molar-refractivity contribution < 1.29 is 4.74 Å². The van der Waals surface area contributed by atoms with E-state index < -0.39 is 0 Å². The van der Waals surface area contributed by atoms with Gasteiger partial charge in [-0.15, -0.1) is 45.5 Å². The Balaban J connectivity index is 0.00000338. The summed E-state index contributed by atoms with van der Waals surface area (Å²) in [4.78, 5) is 6.04. The number of hydrogen-bond donors (Lipinski definition) is 2. The highest BCUT2D eigenvalue weighted by Gasteiger charge is 2.06. The fourth-order valence-corrected chi connectivity index (χ4v) is 3.14. The lowest BCUT2D eigenvalue weighted by Gasteiger charge is -2.18. The van der Waals surface area contributed by atoms with Gasteiger partial charge < -0.3 is 19.9 Å². The fraction of sp³-hybridized carbons (Fsp3) is 0.588. The van der Waals surface area contributed by atoms with Crippen molar-refractivity contribution in [2.24, 2.45) is 4.99 Å². The molecule has 2 heterocycles. The molecular formula is C17H29IN6OS. The maximum atomic E-state index is 5.20. The minimum absolute atomic E-state index is 0. The molecular weight excluding hydrogens is 463 g/mol. The first-order valence-corrected chi connectivity index (χ1v) is 9.53. The molecule has 0 spiro atoms. The highest BCUT2D eigenvalue weighted by molar-refractivity contribution is 14.0. The van der Waals surface area contributed by atoms with Crippen LogP contribution in [-0.4, -0.2) is 53.6 Å². The quantitative estimate of drug-likeness (QED) is 0.303. The SMILES string of the molecule is CCc1nncn1CCNC(=NCCc1cccs1)NC(C)COC.I. The molecule has 0 bridgehead atoms. The summed E-state index contributed by atoms with van der Waals surface area (Å²) in [5, 5.41) is 16.9. The van der Waals surface area contributed by atoms with E-state index in [1.807, 2.05) is 0 Å². The molecule has 0 saturated heterocycles. The van der Waals surface area contributed by atoms with Gasteiger partial charge in [0.05, 0.1) is 6.61 Å². The molecule has 2 rings (SSSR count). The minimum atomic E-state index is 0. The second kappa shape index (κ2) is 13.0. The number of nitrogens with zero attached hydrogens (tertiary/aromatic N) is 4. The number of rotatable bonds is 10. The van der Waals surface area contributed by atoms with Crippen molar-refractivity contribution in [3.8, 4) is 0 Å². The first-order chi connectivity index (χ1) is 12.2. The molecule has 146 valence electrons. The number of aliphatic imine (C=N–C) groups is 1. The van der Waals surface area contributed by atoms with Crippen LogP contribution in [0.25, 0.3) is 0 Å². The Bertz CT molecular complexity index is 631. The first kappa shape index (κ1) is 22.8. The Morgan fingerprint density at radius 1 is 1.46 bits per heavy atom. The lowest BCUT2D eigenvalue weighted by molar-refractivity contribution is 0.179. The number of halogens is 1. The zero-order valence-electron chi connectivity index (χ0n) is 15.6. The summed E-state index contributed by atoms with van der Waals surface area (Å²) in [5.74, 6) is 1.81. The van der Waals surface area contributed by atoms with E-state index in [1.165, 1.54) is 4.88 Å². The van der Waals surface area contributed by atoms with E-state index in [1.54, 1.807) is 24.8 Å². The number of aromatic nitrogens is 3. The second-order valence-corrected chi connectivity index (χ2v) is 6.81. The van der Waals surface area contributed by atoms with Crippen LogP contribution in [0.2, 0.25) is 0 Å². The van der Waals surface area contributed by atoms with Crippen LogP contribution in [-0.2, 0) is 24.1 Å². The van der Waals surface area contributed by atoms with Gasteiger partial charge in [-0.3, -0.25) is 4.99 Å². The van der Waals surface area contributed by atoms with Crippen molar-refractivity contribution in [3.63, 3.8) is 0 Å². The molecule has 7 nitrogen and oxygen atoms in total. The van der Waals surface area contributed by atoms with Gasteiger partial charge in [-0.25, -0.2) is 0 Å². The molecule has 2 aromatic heterocycles. The van der Waals surface area contributed by atoms with Crippen LogP contribution in [0.1, 0.15) is 24.5 Å². The lowest BCUT2D eigenvalue weighted by atomic mass is 10.3. The predicted molar refractivity (Wildman–Crippen MR) is 118 cm³/mol. The molecule has 0 aliphatic carbocycles. The summed E-state index contributed by atoms with van der Waals surface area (Å²) in [7, 11) is 1.71. The van der Waals surface area contributed by atoms with Crippen LogP contribution in [0, 0.1) is 0 Å². The molecule has 0 saturated carbocycles. The maximum Gasteiger partial charge on any atom is 0.191 e. The number of aryl methyl sites for hydroxylation is 1. The fourth-order valence-electron chi connectivity index (χ4n) is 2.44. The molecule has 1 atom stereocenters. The van der Waals surface area contributed by atoms with Crippen LogP contribution in [0.4, 0.5) is 0 Å². The van der Waals surface area contributed by atoms with Crippen molar-refractivity contribution >= 4 is 41.3 Å². The zero-order valence-corrected chi connectivity index (χ0v) is 18.8. The van der Waals surface area contributed by atoms with Crippen LogP contribution in [0.15, 0.2) is 28.8 Å². The third-order valence-electron chi connectivity index (χ3n) is 3.67. The van der Waals surface area contributed by atoms with Gasteiger partial charge in [-0.2, -0.15) is 0 Å². The van der Waals surface area contributed by atoms with Crippen molar-refractivity contribution in [2.45, 2.75) is 39.3 Å². The minimum Gasteiger partial charge on any atom is -0.383 e. The highest BCUT2D eigenvalue weighted by atomic mass is 127.